The van der Waals surface area contributed by atoms with E-state index < -0.39 is 0 Å². The molecular weight excluding hydrogens is 331 g/mol. The predicted octanol–water partition coefficient (Wildman–Crippen LogP) is 3.03. The molecule has 0 radical (unpaired) electrons. The molecule has 0 spiro atoms. The summed E-state index contributed by atoms with van der Waals surface area (Å²) in [5.74, 6) is 0. The molecule has 0 N–H and O–H groups in total. The fraction of sp³-hybridized carbons (Fsp3) is 0.125. The normalized spacial score (nSPS) is 10.8. The van der Waals surface area contributed by atoms with Gasteiger partial charge in [-0.2, -0.15) is 0 Å². The number of alkyl halides is 1. The zero-order chi connectivity index (χ0) is 8.55. The van der Waals surface area contributed by atoms with Gasteiger partial charge in [-0.25, -0.2) is 4.98 Å². The maximum Gasteiger partial charge on any atom is 0.136 e. The molecule has 0 unspecified atom stereocenters. The summed E-state index contributed by atoms with van der Waals surface area (Å²) >= 11 is 5.76. The number of imidazole rings is 1. The van der Waals surface area contributed by atoms with Crippen molar-refractivity contribution < 1.29 is 0 Å². The zero-order valence-electron chi connectivity index (χ0n) is 6.17. The van der Waals surface area contributed by atoms with Gasteiger partial charge in [0.2, 0.25) is 0 Å². The van der Waals surface area contributed by atoms with Crippen molar-refractivity contribution in [1.29, 1.82) is 0 Å². The van der Waals surface area contributed by atoms with Crippen molar-refractivity contribution in [2.45, 2.75) is 4.43 Å². The van der Waals surface area contributed by atoms with Crippen LogP contribution >= 0.6 is 38.5 Å². The Labute approximate surface area is 92.3 Å². The van der Waals surface area contributed by atoms with E-state index in [0.717, 1.165) is 14.5 Å². The van der Waals surface area contributed by atoms with Gasteiger partial charge >= 0.3 is 0 Å². The van der Waals surface area contributed by atoms with Crippen molar-refractivity contribution in [3.8, 4) is 0 Å². The number of halogens is 2. The van der Waals surface area contributed by atoms with E-state index in [1.165, 1.54) is 5.69 Å². The summed E-state index contributed by atoms with van der Waals surface area (Å²) in [5, 5.41) is 0. The van der Waals surface area contributed by atoms with Crippen LogP contribution in [0.3, 0.4) is 0 Å². The maximum atomic E-state index is 4.27. The number of fused-ring (bicyclic) bond motifs is 1. The third kappa shape index (κ3) is 1.37. The Morgan fingerprint density at radius 1 is 1.50 bits per heavy atom. The Bertz CT molecular complexity index is 410. The largest absolute Gasteiger partial charge is 0.302 e. The average Bonchev–Trinajstić information content (AvgIpc) is 2.46. The summed E-state index contributed by atoms with van der Waals surface area (Å²) in [6, 6.07) is 4.00. The van der Waals surface area contributed by atoms with Crippen molar-refractivity contribution >= 4 is 44.2 Å². The van der Waals surface area contributed by atoms with Gasteiger partial charge in [0, 0.05) is 21.3 Å². The molecule has 0 aliphatic heterocycles. The van der Waals surface area contributed by atoms with E-state index in [9.17, 15) is 0 Å². The van der Waals surface area contributed by atoms with Crippen LogP contribution in [0.25, 0.3) is 5.65 Å². The summed E-state index contributed by atoms with van der Waals surface area (Å²) in [4.78, 5) is 4.27. The standard InChI is InChI=1S/C8H6BrIN2/c9-6-1-2-8-11-4-7(3-10)12(8)5-6/h1-2,4-5H,3H2. The van der Waals surface area contributed by atoms with Crippen LogP contribution in [-0.4, -0.2) is 9.38 Å². The molecule has 2 aromatic heterocycles. The van der Waals surface area contributed by atoms with Crippen molar-refractivity contribution in [2.24, 2.45) is 0 Å². The van der Waals surface area contributed by atoms with Crippen molar-refractivity contribution in [2.75, 3.05) is 0 Å². The first-order chi connectivity index (χ1) is 5.81. The smallest absolute Gasteiger partial charge is 0.136 e. The topological polar surface area (TPSA) is 17.3 Å². The minimum Gasteiger partial charge on any atom is -0.302 e. The van der Waals surface area contributed by atoms with Gasteiger partial charge in [0.15, 0.2) is 0 Å². The molecule has 0 saturated heterocycles. The van der Waals surface area contributed by atoms with Gasteiger partial charge in [-0.15, -0.1) is 0 Å². The molecule has 4 heteroatoms. The fourth-order valence-corrected chi connectivity index (χ4v) is 2.01. The van der Waals surface area contributed by atoms with Crippen LogP contribution in [0.5, 0.6) is 0 Å². The number of aromatic nitrogens is 2. The molecule has 12 heavy (non-hydrogen) atoms. The second kappa shape index (κ2) is 3.33. The van der Waals surface area contributed by atoms with Gasteiger partial charge < -0.3 is 4.40 Å². The molecular formula is C8H6BrIN2. The quantitative estimate of drug-likeness (QED) is 0.578. The summed E-state index contributed by atoms with van der Waals surface area (Å²) in [6.07, 6.45) is 3.95. The first kappa shape index (κ1) is 8.50. The van der Waals surface area contributed by atoms with E-state index in [2.05, 4.69) is 47.9 Å². The molecule has 2 heterocycles. The lowest BCUT2D eigenvalue weighted by Gasteiger charge is -1.97. The van der Waals surface area contributed by atoms with Crippen molar-refractivity contribution in [3.63, 3.8) is 0 Å². The van der Waals surface area contributed by atoms with Crippen LogP contribution in [0.1, 0.15) is 5.69 Å². The minimum atomic E-state index is 0.982. The lowest BCUT2D eigenvalue weighted by Crippen LogP contribution is -1.88. The first-order valence-corrected chi connectivity index (χ1v) is 5.80. The lowest BCUT2D eigenvalue weighted by molar-refractivity contribution is 1.10. The number of nitrogens with zero attached hydrogens (tertiary/aromatic N) is 2. The van der Waals surface area contributed by atoms with Gasteiger partial charge in [-0.3, -0.25) is 0 Å². The van der Waals surface area contributed by atoms with Crippen LogP contribution in [0, 0.1) is 0 Å². The molecule has 0 fully saturated rings. The van der Waals surface area contributed by atoms with Crippen molar-refractivity contribution in [3.05, 3.63) is 34.7 Å². The van der Waals surface area contributed by atoms with E-state index in [0.29, 0.717) is 0 Å². The van der Waals surface area contributed by atoms with E-state index in [1.54, 1.807) is 0 Å². The monoisotopic (exact) mass is 336 g/mol. The van der Waals surface area contributed by atoms with E-state index in [-0.39, 0.29) is 0 Å². The van der Waals surface area contributed by atoms with Crippen LogP contribution in [-0.2, 0) is 4.43 Å². The number of pyridine rings is 1. The molecule has 0 bridgehead atoms. The lowest BCUT2D eigenvalue weighted by atomic mass is 10.4. The molecule has 0 saturated carbocycles. The van der Waals surface area contributed by atoms with Crippen LogP contribution in [0.4, 0.5) is 0 Å². The summed E-state index contributed by atoms with van der Waals surface area (Å²) in [6.45, 7) is 0. The summed E-state index contributed by atoms with van der Waals surface area (Å²) in [7, 11) is 0. The Kier molecular flexibility index (Phi) is 2.36. The fourth-order valence-electron chi connectivity index (χ4n) is 1.10. The highest BCUT2D eigenvalue weighted by molar-refractivity contribution is 14.1. The Morgan fingerprint density at radius 2 is 2.33 bits per heavy atom. The maximum absolute atomic E-state index is 4.27. The molecule has 0 atom stereocenters. The summed E-state index contributed by atoms with van der Waals surface area (Å²) in [5.41, 5.74) is 2.23. The Hall–Kier alpha value is -0.100. The van der Waals surface area contributed by atoms with Crippen LogP contribution in [0.15, 0.2) is 29.0 Å². The van der Waals surface area contributed by atoms with Gasteiger partial charge in [0.05, 0.1) is 5.69 Å². The van der Waals surface area contributed by atoms with Gasteiger partial charge in [0.1, 0.15) is 5.65 Å². The van der Waals surface area contributed by atoms with Gasteiger partial charge in [0.25, 0.3) is 0 Å². The molecule has 0 aliphatic carbocycles. The summed E-state index contributed by atoms with van der Waals surface area (Å²) < 4.78 is 4.16. The third-order valence-corrected chi connectivity index (χ3v) is 2.93. The molecule has 0 amide bonds. The van der Waals surface area contributed by atoms with E-state index in [1.807, 2.05) is 24.5 Å². The minimum absolute atomic E-state index is 0.982. The highest BCUT2D eigenvalue weighted by atomic mass is 127. The Balaban J connectivity index is 2.75. The molecule has 2 aromatic rings. The van der Waals surface area contributed by atoms with Crippen molar-refractivity contribution in [1.82, 2.24) is 9.38 Å². The number of hydrogen-bond donors (Lipinski definition) is 0. The molecule has 0 aliphatic rings. The first-order valence-electron chi connectivity index (χ1n) is 3.49. The highest BCUT2D eigenvalue weighted by Crippen LogP contribution is 2.14. The SMILES string of the molecule is Brc1ccc2ncc(CI)n2c1. The molecule has 2 rings (SSSR count). The molecule has 62 valence electrons. The second-order valence-electron chi connectivity index (χ2n) is 2.46. The van der Waals surface area contributed by atoms with Crippen LogP contribution < -0.4 is 0 Å². The van der Waals surface area contributed by atoms with Gasteiger partial charge in [-0.1, -0.05) is 22.6 Å². The highest BCUT2D eigenvalue weighted by Gasteiger charge is 2.00. The number of rotatable bonds is 1. The zero-order valence-corrected chi connectivity index (χ0v) is 9.91. The van der Waals surface area contributed by atoms with Gasteiger partial charge in [-0.05, 0) is 28.1 Å². The molecule has 0 aromatic carbocycles. The average molecular weight is 337 g/mol. The number of hydrogen-bond acceptors (Lipinski definition) is 1. The predicted molar refractivity (Wildman–Crippen MR) is 60.6 cm³/mol. The molecule has 2 nitrogen and oxygen atoms in total. The second-order valence-corrected chi connectivity index (χ2v) is 4.14. The Morgan fingerprint density at radius 3 is 3.08 bits per heavy atom. The van der Waals surface area contributed by atoms with E-state index >= 15 is 0 Å². The van der Waals surface area contributed by atoms with E-state index in [4.69, 9.17) is 0 Å². The van der Waals surface area contributed by atoms with Crippen LogP contribution in [0.2, 0.25) is 0 Å². The third-order valence-electron chi connectivity index (χ3n) is 1.68.